The number of non-ortho nitro benzene ring substituents is 1. The molecule has 102 valence electrons. The van der Waals surface area contributed by atoms with E-state index in [2.05, 4.69) is 10.6 Å². The molecule has 1 heterocycles. The summed E-state index contributed by atoms with van der Waals surface area (Å²) in [5.41, 5.74) is 0.535. The summed E-state index contributed by atoms with van der Waals surface area (Å²) in [5.74, 6) is -0.397. The van der Waals surface area contributed by atoms with Crippen molar-refractivity contribution in [2.45, 2.75) is 6.04 Å². The highest BCUT2D eigenvalue weighted by atomic mass is 16.6. The Hall–Kier alpha value is -1.99. The molecule has 1 aliphatic heterocycles. The lowest BCUT2D eigenvalue weighted by Gasteiger charge is -2.16. The van der Waals surface area contributed by atoms with Crippen molar-refractivity contribution in [3.63, 3.8) is 0 Å². The summed E-state index contributed by atoms with van der Waals surface area (Å²) in [6.45, 7) is 0.888. The van der Waals surface area contributed by atoms with Crippen LogP contribution in [0.5, 0.6) is 0 Å². The van der Waals surface area contributed by atoms with E-state index in [4.69, 9.17) is 4.74 Å². The fourth-order valence-electron chi connectivity index (χ4n) is 2.00. The van der Waals surface area contributed by atoms with Gasteiger partial charge >= 0.3 is 0 Å². The number of anilines is 1. The minimum atomic E-state index is -0.479. The van der Waals surface area contributed by atoms with Crippen LogP contribution in [-0.2, 0) is 9.53 Å². The highest BCUT2D eigenvalue weighted by Gasteiger charge is 2.32. The van der Waals surface area contributed by atoms with Crippen molar-refractivity contribution < 1.29 is 14.5 Å². The Morgan fingerprint density at radius 3 is 2.63 bits per heavy atom. The first-order valence-electron chi connectivity index (χ1n) is 5.92. The van der Waals surface area contributed by atoms with Gasteiger partial charge in [0.2, 0.25) is 5.91 Å². The number of carbonyl (C=O) groups excluding carboxylic acids is 1. The molecule has 19 heavy (non-hydrogen) atoms. The second-order valence-electron chi connectivity index (χ2n) is 4.33. The fraction of sp³-hybridized carbons (Fsp3) is 0.417. The van der Waals surface area contributed by atoms with Gasteiger partial charge in [0, 0.05) is 23.9 Å². The van der Waals surface area contributed by atoms with Crippen LogP contribution >= 0.6 is 0 Å². The minimum Gasteiger partial charge on any atom is -0.379 e. The van der Waals surface area contributed by atoms with E-state index < -0.39 is 4.92 Å². The number of benzene rings is 1. The lowest BCUT2D eigenvalue weighted by molar-refractivity contribution is -0.384. The third kappa shape index (κ3) is 3.07. The SMILES string of the molecule is CNC1COCC1C(=O)Nc1ccc([N+](=O)[O-])cc1. The Morgan fingerprint density at radius 2 is 2.05 bits per heavy atom. The van der Waals surface area contributed by atoms with E-state index in [1.165, 1.54) is 24.3 Å². The van der Waals surface area contributed by atoms with E-state index >= 15 is 0 Å². The van der Waals surface area contributed by atoms with E-state index in [0.29, 0.717) is 18.9 Å². The topological polar surface area (TPSA) is 93.5 Å². The first-order chi connectivity index (χ1) is 9.11. The number of carbonyl (C=O) groups is 1. The molecule has 1 aliphatic rings. The van der Waals surface area contributed by atoms with Gasteiger partial charge in [0.25, 0.3) is 5.69 Å². The number of nitro groups is 1. The predicted molar refractivity (Wildman–Crippen MR) is 68.9 cm³/mol. The lowest BCUT2D eigenvalue weighted by atomic mass is 10.0. The van der Waals surface area contributed by atoms with E-state index in [9.17, 15) is 14.9 Å². The maximum Gasteiger partial charge on any atom is 0.269 e. The maximum absolute atomic E-state index is 12.0. The fourth-order valence-corrected chi connectivity index (χ4v) is 2.00. The molecule has 7 heteroatoms. The van der Waals surface area contributed by atoms with Crippen LogP contribution in [0.15, 0.2) is 24.3 Å². The van der Waals surface area contributed by atoms with E-state index in [0.717, 1.165) is 0 Å². The monoisotopic (exact) mass is 265 g/mol. The molecule has 2 rings (SSSR count). The Kier molecular flexibility index (Phi) is 4.08. The number of rotatable bonds is 4. The Labute approximate surface area is 110 Å². The molecule has 0 radical (unpaired) electrons. The molecular formula is C12H15N3O4. The van der Waals surface area contributed by atoms with Crippen molar-refractivity contribution >= 4 is 17.3 Å². The van der Waals surface area contributed by atoms with Gasteiger partial charge in [-0.2, -0.15) is 0 Å². The highest BCUT2D eigenvalue weighted by Crippen LogP contribution is 2.19. The van der Waals surface area contributed by atoms with Crippen molar-refractivity contribution in [1.29, 1.82) is 0 Å². The lowest BCUT2D eigenvalue weighted by Crippen LogP contribution is -2.39. The highest BCUT2D eigenvalue weighted by molar-refractivity contribution is 5.93. The molecule has 1 aromatic rings. The first kappa shape index (κ1) is 13.4. The van der Waals surface area contributed by atoms with Gasteiger partial charge < -0.3 is 15.4 Å². The van der Waals surface area contributed by atoms with Crippen LogP contribution in [0.1, 0.15) is 0 Å². The van der Waals surface area contributed by atoms with Crippen LogP contribution in [-0.4, -0.2) is 37.1 Å². The first-order valence-corrected chi connectivity index (χ1v) is 5.92. The average Bonchev–Trinajstić information content (AvgIpc) is 2.87. The standard InChI is InChI=1S/C12H15N3O4/c1-13-11-7-19-6-10(11)12(16)14-8-2-4-9(5-3-8)15(17)18/h2-5,10-11,13H,6-7H2,1H3,(H,14,16). The average molecular weight is 265 g/mol. The maximum atomic E-state index is 12.0. The Balaban J connectivity index is 2.00. The van der Waals surface area contributed by atoms with Gasteiger partial charge in [-0.3, -0.25) is 14.9 Å². The summed E-state index contributed by atoms with van der Waals surface area (Å²) in [6.07, 6.45) is 0. The molecule has 1 aromatic carbocycles. The third-order valence-electron chi connectivity index (χ3n) is 3.13. The summed E-state index contributed by atoms with van der Waals surface area (Å²) in [4.78, 5) is 22.1. The van der Waals surface area contributed by atoms with Gasteiger partial charge in [0.1, 0.15) is 0 Å². The van der Waals surface area contributed by atoms with Gasteiger partial charge in [0.05, 0.1) is 24.1 Å². The van der Waals surface area contributed by atoms with Crippen molar-refractivity contribution in [1.82, 2.24) is 5.32 Å². The van der Waals surface area contributed by atoms with Crippen LogP contribution in [0, 0.1) is 16.0 Å². The summed E-state index contributed by atoms with van der Waals surface area (Å²) in [7, 11) is 1.78. The molecule has 0 bridgehead atoms. The van der Waals surface area contributed by atoms with Crippen molar-refractivity contribution in [3.8, 4) is 0 Å². The minimum absolute atomic E-state index is 0.00181. The van der Waals surface area contributed by atoms with E-state index in [1.54, 1.807) is 7.05 Å². The number of nitro benzene ring substituents is 1. The number of ether oxygens (including phenoxy) is 1. The smallest absolute Gasteiger partial charge is 0.269 e. The molecule has 2 unspecified atom stereocenters. The number of hydrogen-bond acceptors (Lipinski definition) is 5. The van der Waals surface area contributed by atoms with Crippen LogP contribution < -0.4 is 10.6 Å². The summed E-state index contributed by atoms with van der Waals surface area (Å²) >= 11 is 0. The molecule has 2 atom stereocenters. The normalized spacial score (nSPS) is 22.2. The van der Waals surface area contributed by atoms with Gasteiger partial charge in [-0.05, 0) is 19.2 Å². The van der Waals surface area contributed by atoms with Crippen molar-refractivity contribution in [2.24, 2.45) is 5.92 Å². The zero-order valence-electron chi connectivity index (χ0n) is 10.5. The molecular weight excluding hydrogens is 250 g/mol. The summed E-state index contributed by atoms with van der Waals surface area (Å²) in [6, 6.07) is 5.74. The van der Waals surface area contributed by atoms with Crippen LogP contribution in [0.3, 0.4) is 0 Å². The largest absolute Gasteiger partial charge is 0.379 e. The van der Waals surface area contributed by atoms with Crippen molar-refractivity contribution in [3.05, 3.63) is 34.4 Å². The predicted octanol–water partition coefficient (Wildman–Crippen LogP) is 0.768. The zero-order chi connectivity index (χ0) is 13.8. The summed E-state index contributed by atoms with van der Waals surface area (Å²) in [5, 5.41) is 16.3. The van der Waals surface area contributed by atoms with Gasteiger partial charge in [0.15, 0.2) is 0 Å². The van der Waals surface area contributed by atoms with Gasteiger partial charge in [-0.25, -0.2) is 0 Å². The molecule has 0 aromatic heterocycles. The molecule has 1 fully saturated rings. The number of likely N-dealkylation sites (N-methyl/N-ethyl adjacent to an activating group) is 1. The molecule has 0 saturated carbocycles. The van der Waals surface area contributed by atoms with Gasteiger partial charge in [-0.15, -0.1) is 0 Å². The number of hydrogen-bond donors (Lipinski definition) is 2. The number of nitrogens with zero attached hydrogens (tertiary/aromatic N) is 1. The van der Waals surface area contributed by atoms with Crippen molar-refractivity contribution in [2.75, 3.05) is 25.6 Å². The second-order valence-corrected chi connectivity index (χ2v) is 4.33. The molecule has 0 aliphatic carbocycles. The van der Waals surface area contributed by atoms with Crippen LogP contribution in [0.25, 0.3) is 0 Å². The third-order valence-corrected chi connectivity index (χ3v) is 3.13. The van der Waals surface area contributed by atoms with E-state index in [1.807, 2.05) is 0 Å². The number of nitrogens with one attached hydrogen (secondary N) is 2. The second kappa shape index (κ2) is 5.77. The molecule has 1 amide bonds. The molecule has 1 saturated heterocycles. The molecule has 0 spiro atoms. The number of amides is 1. The zero-order valence-corrected chi connectivity index (χ0v) is 10.5. The van der Waals surface area contributed by atoms with E-state index in [-0.39, 0.29) is 23.6 Å². The quantitative estimate of drug-likeness (QED) is 0.619. The Bertz CT molecular complexity index is 474. The molecule has 7 nitrogen and oxygen atoms in total. The summed E-state index contributed by atoms with van der Waals surface area (Å²) < 4.78 is 5.26. The van der Waals surface area contributed by atoms with Crippen LogP contribution in [0.4, 0.5) is 11.4 Å². The van der Waals surface area contributed by atoms with Gasteiger partial charge in [-0.1, -0.05) is 0 Å². The van der Waals surface area contributed by atoms with Crippen LogP contribution in [0.2, 0.25) is 0 Å². The molecule has 2 N–H and O–H groups in total. The Morgan fingerprint density at radius 1 is 1.37 bits per heavy atom.